The summed E-state index contributed by atoms with van der Waals surface area (Å²) in [6, 6.07) is 46.3. The molecular formula is C39H29O3P. The fourth-order valence-corrected chi connectivity index (χ4v) is 9.52. The molecule has 0 saturated heterocycles. The molecule has 0 amide bonds. The Labute approximate surface area is 251 Å². The van der Waals surface area contributed by atoms with Crippen LogP contribution >= 0.6 is 7.14 Å². The number of hydrogen-bond donors (Lipinski definition) is 0. The summed E-state index contributed by atoms with van der Waals surface area (Å²) < 4.78 is 28.3. The first-order chi connectivity index (χ1) is 20.9. The van der Waals surface area contributed by atoms with Crippen LogP contribution in [0.5, 0.6) is 23.0 Å². The van der Waals surface area contributed by atoms with E-state index in [1.807, 2.05) is 103 Å². The van der Waals surface area contributed by atoms with E-state index in [1.54, 1.807) is 0 Å². The van der Waals surface area contributed by atoms with E-state index in [4.69, 9.17) is 9.47 Å². The maximum Gasteiger partial charge on any atom is 0.171 e. The Hall–Kier alpha value is -4.85. The molecule has 0 bridgehead atoms. The molecule has 1 aliphatic heterocycles. The largest absolute Gasteiger partial charge is 0.450 e. The van der Waals surface area contributed by atoms with Crippen molar-refractivity contribution in [3.63, 3.8) is 0 Å². The molecule has 0 spiro atoms. The van der Waals surface area contributed by atoms with Crippen molar-refractivity contribution in [3.05, 3.63) is 151 Å². The molecule has 1 aliphatic carbocycles. The van der Waals surface area contributed by atoms with Crippen LogP contribution in [0.15, 0.2) is 140 Å². The van der Waals surface area contributed by atoms with Gasteiger partial charge in [-0.15, -0.1) is 0 Å². The normalized spacial score (nSPS) is 14.0. The fraction of sp³-hybridized carbons (Fsp3) is 0.0769. The predicted molar refractivity (Wildman–Crippen MR) is 175 cm³/mol. The Morgan fingerprint density at radius 2 is 1.05 bits per heavy atom. The summed E-state index contributed by atoms with van der Waals surface area (Å²) in [6.45, 7) is 4.52. The lowest BCUT2D eigenvalue weighted by Crippen LogP contribution is -2.26. The molecule has 208 valence electrons. The molecule has 6 aromatic rings. The van der Waals surface area contributed by atoms with Crippen molar-refractivity contribution in [2.45, 2.75) is 19.3 Å². The van der Waals surface area contributed by atoms with Crippen LogP contribution in [0.4, 0.5) is 0 Å². The van der Waals surface area contributed by atoms with Crippen molar-refractivity contribution >= 4 is 23.1 Å². The van der Waals surface area contributed by atoms with Crippen LogP contribution in [0.2, 0.25) is 0 Å². The lowest BCUT2D eigenvalue weighted by molar-refractivity contribution is 0.359. The van der Waals surface area contributed by atoms with Crippen molar-refractivity contribution in [3.8, 4) is 45.3 Å². The average Bonchev–Trinajstić information content (AvgIpc) is 3.28. The summed E-state index contributed by atoms with van der Waals surface area (Å²) in [4.78, 5) is 0. The zero-order valence-corrected chi connectivity index (χ0v) is 24.8. The van der Waals surface area contributed by atoms with Crippen molar-refractivity contribution in [1.29, 1.82) is 0 Å². The molecule has 0 atom stereocenters. The monoisotopic (exact) mass is 576 g/mol. The van der Waals surface area contributed by atoms with E-state index < -0.39 is 7.14 Å². The molecule has 43 heavy (non-hydrogen) atoms. The first-order valence-corrected chi connectivity index (χ1v) is 16.2. The second kappa shape index (κ2) is 9.59. The van der Waals surface area contributed by atoms with Gasteiger partial charge in [0, 0.05) is 21.3 Å². The third-order valence-electron chi connectivity index (χ3n) is 8.83. The number of benzene rings is 6. The summed E-state index contributed by atoms with van der Waals surface area (Å²) >= 11 is 0. The Morgan fingerprint density at radius 1 is 0.488 bits per heavy atom. The highest BCUT2D eigenvalue weighted by atomic mass is 31.2. The standard InChI is InChI=1S/C39H29O3P/c1-39(2)32-19-11-9-18-30(32)31-24-36-37(25-33(31)39)41-34-22-21-26(23-35(34)42-36)29-17-10-12-20-38(29)43(40,27-13-5-3-6-14-27)28-15-7-4-8-16-28/h3-25H,1-2H3. The SMILES string of the molecule is CC1(C)c2ccccc2-c2cc3c(cc21)Oc1ccc(-c2ccccc2P(=O)(c2ccccc2)c2ccccc2)cc1O3. The summed E-state index contributed by atoms with van der Waals surface area (Å²) in [5.41, 5.74) is 6.66. The summed E-state index contributed by atoms with van der Waals surface area (Å²) in [5, 5.41) is 2.40. The van der Waals surface area contributed by atoms with E-state index in [2.05, 4.69) is 50.2 Å². The van der Waals surface area contributed by atoms with Crippen LogP contribution in [0.25, 0.3) is 22.3 Å². The van der Waals surface area contributed by atoms with Crippen molar-refractivity contribution < 1.29 is 14.0 Å². The Balaban J connectivity index is 1.24. The smallest absolute Gasteiger partial charge is 0.171 e. The summed E-state index contributed by atoms with van der Waals surface area (Å²) in [6.07, 6.45) is 0. The van der Waals surface area contributed by atoms with Crippen LogP contribution in [0.1, 0.15) is 25.0 Å². The first kappa shape index (κ1) is 25.8. The second-order valence-corrected chi connectivity index (χ2v) is 14.4. The van der Waals surface area contributed by atoms with Gasteiger partial charge in [0.1, 0.15) is 0 Å². The number of fused-ring (bicyclic) bond motifs is 5. The van der Waals surface area contributed by atoms with E-state index in [0.29, 0.717) is 17.2 Å². The molecule has 3 nitrogen and oxygen atoms in total. The summed E-state index contributed by atoms with van der Waals surface area (Å²) in [7, 11) is -3.19. The molecule has 0 radical (unpaired) electrons. The van der Waals surface area contributed by atoms with E-state index in [0.717, 1.165) is 32.8 Å². The van der Waals surface area contributed by atoms with Gasteiger partial charge in [0.05, 0.1) is 0 Å². The van der Waals surface area contributed by atoms with E-state index in [-0.39, 0.29) is 5.41 Å². The Morgan fingerprint density at radius 3 is 1.77 bits per heavy atom. The Kier molecular flexibility index (Phi) is 5.76. The van der Waals surface area contributed by atoms with Gasteiger partial charge in [-0.25, -0.2) is 0 Å². The third-order valence-corrected chi connectivity index (χ3v) is 11.9. The molecule has 6 aromatic carbocycles. The number of rotatable bonds is 4. The molecule has 8 rings (SSSR count). The van der Waals surface area contributed by atoms with Gasteiger partial charge in [-0.3, -0.25) is 0 Å². The first-order valence-electron chi connectivity index (χ1n) is 14.5. The van der Waals surface area contributed by atoms with Crippen LogP contribution < -0.4 is 25.4 Å². The highest BCUT2D eigenvalue weighted by molar-refractivity contribution is 7.85. The van der Waals surface area contributed by atoms with E-state index in [9.17, 15) is 0 Å². The van der Waals surface area contributed by atoms with Gasteiger partial charge >= 0.3 is 0 Å². The molecular weight excluding hydrogens is 547 g/mol. The molecule has 0 N–H and O–H groups in total. The van der Waals surface area contributed by atoms with Crippen molar-refractivity contribution in [2.75, 3.05) is 0 Å². The van der Waals surface area contributed by atoms with Gasteiger partial charge in [0.2, 0.25) is 0 Å². The predicted octanol–water partition coefficient (Wildman–Crippen LogP) is 9.20. The van der Waals surface area contributed by atoms with Gasteiger partial charge in [0.15, 0.2) is 30.1 Å². The van der Waals surface area contributed by atoms with Gasteiger partial charge in [0.25, 0.3) is 0 Å². The molecule has 0 aromatic heterocycles. The minimum atomic E-state index is -3.19. The molecule has 0 saturated carbocycles. The van der Waals surface area contributed by atoms with Gasteiger partial charge in [-0.2, -0.15) is 0 Å². The molecule has 1 heterocycles. The zero-order valence-electron chi connectivity index (χ0n) is 24.0. The Bertz CT molecular complexity index is 2040. The van der Waals surface area contributed by atoms with Crippen LogP contribution in [-0.2, 0) is 9.98 Å². The maximum absolute atomic E-state index is 15.3. The van der Waals surface area contributed by atoms with Gasteiger partial charge < -0.3 is 14.0 Å². The van der Waals surface area contributed by atoms with Crippen LogP contribution in [0, 0.1) is 0 Å². The van der Waals surface area contributed by atoms with E-state index >= 15 is 4.57 Å². The number of ether oxygens (including phenoxy) is 2. The molecule has 4 heteroatoms. The van der Waals surface area contributed by atoms with E-state index in [1.165, 1.54) is 22.3 Å². The summed E-state index contributed by atoms with van der Waals surface area (Å²) in [5.74, 6) is 2.72. The van der Waals surface area contributed by atoms with Crippen molar-refractivity contribution in [2.24, 2.45) is 0 Å². The zero-order chi connectivity index (χ0) is 29.2. The molecule has 2 aliphatic rings. The van der Waals surface area contributed by atoms with Crippen molar-refractivity contribution in [1.82, 2.24) is 0 Å². The third kappa shape index (κ3) is 3.92. The number of hydrogen-bond acceptors (Lipinski definition) is 3. The lowest BCUT2D eigenvalue weighted by atomic mass is 9.82. The van der Waals surface area contributed by atoms with Gasteiger partial charge in [-0.1, -0.05) is 129 Å². The highest BCUT2D eigenvalue weighted by Gasteiger charge is 2.38. The van der Waals surface area contributed by atoms with Crippen LogP contribution in [-0.4, -0.2) is 0 Å². The molecule has 0 fully saturated rings. The topological polar surface area (TPSA) is 35.5 Å². The quantitative estimate of drug-likeness (QED) is 0.196. The lowest BCUT2D eigenvalue weighted by Gasteiger charge is -2.26. The highest BCUT2D eigenvalue weighted by Crippen LogP contribution is 2.55. The minimum absolute atomic E-state index is 0.121. The average molecular weight is 577 g/mol. The second-order valence-electron chi connectivity index (χ2n) is 11.7. The minimum Gasteiger partial charge on any atom is -0.450 e. The maximum atomic E-state index is 15.3. The van der Waals surface area contributed by atoms with Crippen LogP contribution in [0.3, 0.4) is 0 Å². The molecule has 0 unspecified atom stereocenters. The fourth-order valence-electron chi connectivity index (χ4n) is 6.64. The van der Waals surface area contributed by atoms with Gasteiger partial charge in [-0.05, 0) is 57.6 Å².